The molecule has 1 aromatic heterocycles. The van der Waals surface area contributed by atoms with Crippen LogP contribution in [-0.4, -0.2) is 23.2 Å². The van der Waals surface area contributed by atoms with Crippen molar-refractivity contribution in [2.45, 2.75) is 37.8 Å². The molecule has 0 aromatic carbocycles. The van der Waals surface area contributed by atoms with Crippen molar-refractivity contribution in [1.29, 1.82) is 0 Å². The Morgan fingerprint density at radius 3 is 2.94 bits per heavy atom. The van der Waals surface area contributed by atoms with Crippen LogP contribution in [0.5, 0.6) is 0 Å². The summed E-state index contributed by atoms with van der Waals surface area (Å²) in [6.45, 7) is 2.13. The SMILES string of the molecule is CO[C@]1(C)CC[C@@H](n2ccc(C(N)=O)c2)C1. The van der Waals surface area contributed by atoms with Gasteiger partial charge in [-0.2, -0.15) is 0 Å². The zero-order valence-corrected chi connectivity index (χ0v) is 9.77. The molecular weight excluding hydrogens is 204 g/mol. The minimum Gasteiger partial charge on any atom is -0.378 e. The predicted octanol–water partition coefficient (Wildman–Crippen LogP) is 1.72. The molecule has 88 valence electrons. The molecule has 1 aliphatic carbocycles. The third-order valence-corrected chi connectivity index (χ3v) is 3.59. The molecule has 2 atom stereocenters. The van der Waals surface area contributed by atoms with E-state index in [-0.39, 0.29) is 11.5 Å². The lowest BCUT2D eigenvalue weighted by atomic mass is 10.1. The van der Waals surface area contributed by atoms with Gasteiger partial charge in [0.05, 0.1) is 11.2 Å². The molecule has 1 saturated carbocycles. The number of amides is 1. The first-order valence-corrected chi connectivity index (χ1v) is 5.56. The van der Waals surface area contributed by atoms with Crippen LogP contribution in [0.1, 0.15) is 42.6 Å². The van der Waals surface area contributed by atoms with E-state index in [0.29, 0.717) is 11.6 Å². The quantitative estimate of drug-likeness (QED) is 0.846. The van der Waals surface area contributed by atoms with Crippen LogP contribution in [0.2, 0.25) is 0 Å². The first-order valence-electron chi connectivity index (χ1n) is 5.56. The van der Waals surface area contributed by atoms with Crippen molar-refractivity contribution in [1.82, 2.24) is 4.57 Å². The number of aromatic nitrogens is 1. The average molecular weight is 222 g/mol. The van der Waals surface area contributed by atoms with E-state index in [4.69, 9.17) is 10.5 Å². The second kappa shape index (κ2) is 3.94. The minimum absolute atomic E-state index is 0.0260. The molecule has 4 heteroatoms. The second-order valence-corrected chi connectivity index (χ2v) is 4.76. The van der Waals surface area contributed by atoms with Crippen molar-refractivity contribution >= 4 is 5.91 Å². The lowest BCUT2D eigenvalue weighted by Gasteiger charge is -2.22. The Hall–Kier alpha value is -1.29. The summed E-state index contributed by atoms with van der Waals surface area (Å²) >= 11 is 0. The lowest BCUT2D eigenvalue weighted by Crippen LogP contribution is -2.23. The van der Waals surface area contributed by atoms with Crippen molar-refractivity contribution in [2.24, 2.45) is 5.73 Å². The van der Waals surface area contributed by atoms with Gasteiger partial charge in [0.15, 0.2) is 0 Å². The Bertz CT molecular complexity index is 399. The molecule has 0 unspecified atom stereocenters. The lowest BCUT2D eigenvalue weighted by molar-refractivity contribution is 0.00963. The molecule has 0 radical (unpaired) electrons. The fourth-order valence-electron chi connectivity index (χ4n) is 2.40. The Labute approximate surface area is 95.4 Å². The van der Waals surface area contributed by atoms with Crippen molar-refractivity contribution in [3.05, 3.63) is 24.0 Å². The van der Waals surface area contributed by atoms with Gasteiger partial charge in [-0.3, -0.25) is 4.79 Å². The van der Waals surface area contributed by atoms with E-state index in [1.54, 1.807) is 13.2 Å². The number of nitrogens with two attached hydrogens (primary N) is 1. The van der Waals surface area contributed by atoms with E-state index < -0.39 is 0 Å². The number of carbonyl (C=O) groups is 1. The number of methoxy groups -OCH3 is 1. The number of rotatable bonds is 3. The highest BCUT2D eigenvalue weighted by Gasteiger charge is 2.35. The summed E-state index contributed by atoms with van der Waals surface area (Å²) in [5.41, 5.74) is 5.78. The van der Waals surface area contributed by atoms with Crippen LogP contribution in [0.25, 0.3) is 0 Å². The highest BCUT2D eigenvalue weighted by Crippen LogP contribution is 2.39. The molecule has 1 heterocycles. The highest BCUT2D eigenvalue weighted by atomic mass is 16.5. The van der Waals surface area contributed by atoms with Crippen molar-refractivity contribution in [3.63, 3.8) is 0 Å². The van der Waals surface area contributed by atoms with Crippen LogP contribution < -0.4 is 5.73 Å². The van der Waals surface area contributed by atoms with E-state index in [0.717, 1.165) is 19.3 Å². The fourth-order valence-corrected chi connectivity index (χ4v) is 2.40. The van der Waals surface area contributed by atoms with Crippen LogP contribution in [0, 0.1) is 0 Å². The van der Waals surface area contributed by atoms with Crippen LogP contribution in [-0.2, 0) is 4.74 Å². The summed E-state index contributed by atoms with van der Waals surface area (Å²) in [5, 5.41) is 0. The van der Waals surface area contributed by atoms with Gasteiger partial charge in [0, 0.05) is 25.5 Å². The topological polar surface area (TPSA) is 57.2 Å². The maximum atomic E-state index is 11.0. The molecule has 2 rings (SSSR count). The largest absolute Gasteiger partial charge is 0.378 e. The van der Waals surface area contributed by atoms with Gasteiger partial charge in [-0.15, -0.1) is 0 Å². The summed E-state index contributed by atoms with van der Waals surface area (Å²) in [6, 6.07) is 2.18. The first kappa shape index (κ1) is 11.2. The fraction of sp³-hybridized carbons (Fsp3) is 0.583. The van der Waals surface area contributed by atoms with E-state index in [9.17, 15) is 4.79 Å². The van der Waals surface area contributed by atoms with E-state index in [1.807, 2.05) is 12.4 Å². The molecule has 0 spiro atoms. The van der Waals surface area contributed by atoms with Crippen LogP contribution in [0.3, 0.4) is 0 Å². The van der Waals surface area contributed by atoms with E-state index in [1.165, 1.54) is 0 Å². The zero-order chi connectivity index (χ0) is 11.8. The van der Waals surface area contributed by atoms with Crippen LogP contribution >= 0.6 is 0 Å². The molecule has 16 heavy (non-hydrogen) atoms. The van der Waals surface area contributed by atoms with Crippen molar-refractivity contribution < 1.29 is 9.53 Å². The van der Waals surface area contributed by atoms with E-state index in [2.05, 4.69) is 11.5 Å². The Balaban J connectivity index is 2.11. The first-order chi connectivity index (χ1) is 7.54. The summed E-state index contributed by atoms with van der Waals surface area (Å²) in [4.78, 5) is 11.0. The maximum Gasteiger partial charge on any atom is 0.250 e. The zero-order valence-electron chi connectivity index (χ0n) is 9.77. The van der Waals surface area contributed by atoms with Crippen LogP contribution in [0.4, 0.5) is 0 Å². The third kappa shape index (κ3) is 1.97. The van der Waals surface area contributed by atoms with Crippen molar-refractivity contribution in [3.8, 4) is 0 Å². The number of nitrogens with zero attached hydrogens (tertiary/aromatic N) is 1. The molecule has 1 fully saturated rings. The molecule has 4 nitrogen and oxygen atoms in total. The molecule has 0 aliphatic heterocycles. The summed E-state index contributed by atoms with van der Waals surface area (Å²) in [7, 11) is 1.76. The molecule has 1 aromatic rings. The Morgan fingerprint density at radius 2 is 2.44 bits per heavy atom. The monoisotopic (exact) mass is 222 g/mol. The van der Waals surface area contributed by atoms with Gasteiger partial charge < -0.3 is 15.0 Å². The summed E-state index contributed by atoms with van der Waals surface area (Å²) in [6.07, 6.45) is 6.87. The van der Waals surface area contributed by atoms with Gasteiger partial charge in [0.2, 0.25) is 5.91 Å². The van der Waals surface area contributed by atoms with E-state index >= 15 is 0 Å². The number of hydrogen-bond donors (Lipinski definition) is 1. The van der Waals surface area contributed by atoms with Crippen molar-refractivity contribution in [2.75, 3.05) is 7.11 Å². The Morgan fingerprint density at radius 1 is 1.69 bits per heavy atom. The molecule has 1 aliphatic rings. The minimum atomic E-state index is -0.369. The highest BCUT2D eigenvalue weighted by molar-refractivity contribution is 5.92. The molecule has 2 N–H and O–H groups in total. The molecule has 0 saturated heterocycles. The summed E-state index contributed by atoms with van der Waals surface area (Å²) in [5.74, 6) is -0.369. The van der Waals surface area contributed by atoms with Gasteiger partial charge in [-0.05, 0) is 32.3 Å². The average Bonchev–Trinajstić information content (AvgIpc) is 2.84. The second-order valence-electron chi connectivity index (χ2n) is 4.76. The molecule has 0 bridgehead atoms. The number of ether oxygens (including phenoxy) is 1. The predicted molar refractivity (Wildman–Crippen MR) is 61.3 cm³/mol. The van der Waals surface area contributed by atoms with Gasteiger partial charge in [0.1, 0.15) is 0 Å². The number of carbonyl (C=O) groups excluding carboxylic acids is 1. The smallest absolute Gasteiger partial charge is 0.250 e. The number of primary amides is 1. The third-order valence-electron chi connectivity index (χ3n) is 3.59. The van der Waals surface area contributed by atoms with Gasteiger partial charge in [-0.25, -0.2) is 0 Å². The van der Waals surface area contributed by atoms with Crippen LogP contribution in [0.15, 0.2) is 18.5 Å². The molecular formula is C12H18N2O2. The molecule has 1 amide bonds. The van der Waals surface area contributed by atoms with Gasteiger partial charge in [0.25, 0.3) is 0 Å². The van der Waals surface area contributed by atoms with Gasteiger partial charge in [-0.1, -0.05) is 0 Å². The normalized spacial score (nSPS) is 29.5. The standard InChI is InChI=1S/C12H18N2O2/c1-12(16-2)5-3-10(7-12)14-6-4-9(8-14)11(13)15/h4,6,8,10H,3,5,7H2,1-2H3,(H2,13,15)/t10-,12-/m1/s1. The summed E-state index contributed by atoms with van der Waals surface area (Å²) < 4.78 is 7.57. The number of hydrogen-bond acceptors (Lipinski definition) is 2. The Kier molecular flexibility index (Phi) is 2.76. The maximum absolute atomic E-state index is 11.0. The van der Waals surface area contributed by atoms with Gasteiger partial charge >= 0.3 is 0 Å².